The minimum Gasteiger partial charge on any atom is -0.481 e. The number of fused-ring (bicyclic) bond motifs is 1. The van der Waals surface area contributed by atoms with Crippen LogP contribution in [0.4, 0.5) is 0 Å². The van der Waals surface area contributed by atoms with Crippen molar-refractivity contribution in [2.45, 2.75) is 19.9 Å². The number of H-pyrrole nitrogens is 1. The maximum absolute atomic E-state index is 5.16. The number of guanidine groups is 1. The van der Waals surface area contributed by atoms with Gasteiger partial charge in [-0.1, -0.05) is 18.2 Å². The van der Waals surface area contributed by atoms with Crippen molar-refractivity contribution in [3.63, 3.8) is 0 Å². The molecule has 0 unspecified atom stereocenters. The van der Waals surface area contributed by atoms with Gasteiger partial charge < -0.3 is 20.4 Å². The van der Waals surface area contributed by atoms with Gasteiger partial charge in [0.2, 0.25) is 5.88 Å². The molecule has 0 radical (unpaired) electrons. The summed E-state index contributed by atoms with van der Waals surface area (Å²) in [5, 5.41) is 7.96. The van der Waals surface area contributed by atoms with Crippen molar-refractivity contribution in [1.29, 1.82) is 0 Å². The molecule has 0 amide bonds. The van der Waals surface area contributed by atoms with Gasteiger partial charge in [-0.15, -0.1) is 24.0 Å². The van der Waals surface area contributed by atoms with E-state index in [0.29, 0.717) is 12.4 Å². The van der Waals surface area contributed by atoms with E-state index in [0.717, 1.165) is 31.0 Å². The molecular weight excluding hydrogens is 453 g/mol. The van der Waals surface area contributed by atoms with E-state index in [9.17, 15) is 0 Å². The molecule has 0 spiro atoms. The van der Waals surface area contributed by atoms with Crippen molar-refractivity contribution < 1.29 is 4.74 Å². The summed E-state index contributed by atoms with van der Waals surface area (Å²) in [6, 6.07) is 12.2. The van der Waals surface area contributed by atoms with Crippen LogP contribution < -0.4 is 15.4 Å². The van der Waals surface area contributed by atoms with Gasteiger partial charge in [0.25, 0.3) is 0 Å². The van der Waals surface area contributed by atoms with Crippen LogP contribution in [0.15, 0.2) is 53.8 Å². The van der Waals surface area contributed by atoms with Crippen molar-refractivity contribution >= 4 is 40.8 Å². The number of pyridine rings is 1. The molecule has 0 saturated heterocycles. The van der Waals surface area contributed by atoms with Crippen LogP contribution in [0.1, 0.15) is 18.1 Å². The van der Waals surface area contributed by atoms with Gasteiger partial charge in [-0.2, -0.15) is 0 Å². The summed E-state index contributed by atoms with van der Waals surface area (Å²) < 4.78 is 5.16. The molecule has 2 aromatic heterocycles. The van der Waals surface area contributed by atoms with Crippen LogP contribution in [-0.2, 0) is 13.0 Å². The smallest absolute Gasteiger partial charge is 0.213 e. The summed E-state index contributed by atoms with van der Waals surface area (Å²) in [6.07, 6.45) is 4.75. The lowest BCUT2D eigenvalue weighted by molar-refractivity contribution is 0.397. The Morgan fingerprint density at radius 2 is 2.07 bits per heavy atom. The Hall–Kier alpha value is -2.29. The highest BCUT2D eigenvalue weighted by atomic mass is 127. The number of halogens is 1. The number of methoxy groups -OCH3 is 1. The molecule has 3 N–H and O–H groups in total. The minimum atomic E-state index is 0. The third-order valence-corrected chi connectivity index (χ3v) is 4.13. The highest BCUT2D eigenvalue weighted by Crippen LogP contribution is 2.17. The predicted octanol–water partition coefficient (Wildman–Crippen LogP) is 3.49. The zero-order chi connectivity index (χ0) is 18.2. The van der Waals surface area contributed by atoms with Crippen molar-refractivity contribution in [3.05, 3.63) is 59.9 Å². The van der Waals surface area contributed by atoms with E-state index < -0.39 is 0 Å². The summed E-state index contributed by atoms with van der Waals surface area (Å²) in [7, 11) is 1.62. The molecule has 0 bridgehead atoms. The molecule has 0 aliphatic rings. The van der Waals surface area contributed by atoms with Crippen LogP contribution in [0.3, 0.4) is 0 Å². The molecule has 6 nitrogen and oxygen atoms in total. The lowest BCUT2D eigenvalue weighted by atomic mass is 10.1. The van der Waals surface area contributed by atoms with E-state index in [-0.39, 0.29) is 24.0 Å². The first kappa shape index (κ1) is 21.0. The van der Waals surface area contributed by atoms with Gasteiger partial charge >= 0.3 is 0 Å². The van der Waals surface area contributed by atoms with E-state index in [1.807, 2.05) is 18.2 Å². The normalized spacial score (nSPS) is 11.1. The van der Waals surface area contributed by atoms with Crippen molar-refractivity contribution in [3.8, 4) is 5.88 Å². The molecule has 2 heterocycles. The average molecular weight is 479 g/mol. The number of hydrogen-bond acceptors (Lipinski definition) is 3. The van der Waals surface area contributed by atoms with Crippen LogP contribution in [0, 0.1) is 0 Å². The number of hydrogen-bond donors (Lipinski definition) is 3. The molecule has 0 fully saturated rings. The standard InChI is InChI=1S/C20H25N5O.HI/c1-3-21-20(25-13-15-8-10-22-19(12-15)26-2)23-11-9-16-14-24-18-7-5-4-6-17(16)18;/h4-8,10,12,14,24H,3,9,11,13H2,1-2H3,(H2,21,23,25);1H. The molecule has 0 aliphatic carbocycles. The average Bonchev–Trinajstić information content (AvgIpc) is 3.09. The van der Waals surface area contributed by atoms with Gasteiger partial charge in [0.05, 0.1) is 13.7 Å². The molecule has 7 heteroatoms. The van der Waals surface area contributed by atoms with Gasteiger partial charge in [0, 0.05) is 42.5 Å². The van der Waals surface area contributed by atoms with Crippen LogP contribution in [0.5, 0.6) is 5.88 Å². The predicted molar refractivity (Wildman–Crippen MR) is 121 cm³/mol. The van der Waals surface area contributed by atoms with Gasteiger partial charge in [-0.25, -0.2) is 9.98 Å². The first-order valence-corrected chi connectivity index (χ1v) is 8.86. The van der Waals surface area contributed by atoms with Crippen molar-refractivity contribution in [2.75, 3.05) is 20.2 Å². The second-order valence-corrected chi connectivity index (χ2v) is 5.94. The van der Waals surface area contributed by atoms with Crippen LogP contribution >= 0.6 is 24.0 Å². The molecule has 27 heavy (non-hydrogen) atoms. The van der Waals surface area contributed by atoms with Gasteiger partial charge in [-0.05, 0) is 36.6 Å². The first-order valence-electron chi connectivity index (χ1n) is 8.86. The van der Waals surface area contributed by atoms with Crippen molar-refractivity contribution in [1.82, 2.24) is 20.6 Å². The Labute approximate surface area is 176 Å². The molecule has 0 saturated carbocycles. The Balaban J connectivity index is 0.00000261. The summed E-state index contributed by atoms with van der Waals surface area (Å²) >= 11 is 0. The second kappa shape index (κ2) is 10.8. The second-order valence-electron chi connectivity index (χ2n) is 5.94. The number of rotatable bonds is 7. The summed E-state index contributed by atoms with van der Waals surface area (Å²) in [5.74, 6) is 1.41. The fourth-order valence-corrected chi connectivity index (χ4v) is 2.83. The van der Waals surface area contributed by atoms with Gasteiger partial charge in [0.1, 0.15) is 0 Å². The molecular formula is C20H26IN5O. The maximum Gasteiger partial charge on any atom is 0.213 e. The van der Waals surface area contributed by atoms with E-state index in [1.54, 1.807) is 13.3 Å². The number of nitrogens with zero attached hydrogens (tertiary/aromatic N) is 2. The Morgan fingerprint density at radius 3 is 2.89 bits per heavy atom. The van der Waals surface area contributed by atoms with Crippen molar-refractivity contribution in [2.24, 2.45) is 4.99 Å². The SMILES string of the molecule is CCNC(=NCc1ccnc(OC)c1)NCCc1c[nH]c2ccccc12.I. The summed E-state index contributed by atoms with van der Waals surface area (Å²) in [5.41, 5.74) is 3.54. The highest BCUT2D eigenvalue weighted by Gasteiger charge is 2.04. The highest BCUT2D eigenvalue weighted by molar-refractivity contribution is 14.0. The molecule has 3 rings (SSSR count). The first-order chi connectivity index (χ1) is 12.8. The van der Waals surface area contributed by atoms with E-state index in [2.05, 4.69) is 56.9 Å². The lowest BCUT2D eigenvalue weighted by Crippen LogP contribution is -2.38. The summed E-state index contributed by atoms with van der Waals surface area (Å²) in [4.78, 5) is 12.1. The van der Waals surface area contributed by atoms with E-state index in [4.69, 9.17) is 4.74 Å². The number of benzene rings is 1. The monoisotopic (exact) mass is 479 g/mol. The largest absolute Gasteiger partial charge is 0.481 e. The number of nitrogens with one attached hydrogen (secondary N) is 3. The number of aliphatic imine (C=N–C) groups is 1. The topological polar surface area (TPSA) is 74.3 Å². The summed E-state index contributed by atoms with van der Waals surface area (Å²) in [6.45, 7) is 4.26. The van der Waals surface area contributed by atoms with Gasteiger partial charge in [-0.3, -0.25) is 0 Å². The van der Waals surface area contributed by atoms with Crippen LogP contribution in [0.2, 0.25) is 0 Å². The molecule has 3 aromatic rings. The van der Waals surface area contributed by atoms with E-state index >= 15 is 0 Å². The fourth-order valence-electron chi connectivity index (χ4n) is 2.83. The molecule has 0 aliphatic heterocycles. The lowest BCUT2D eigenvalue weighted by Gasteiger charge is -2.11. The molecule has 144 valence electrons. The quantitative estimate of drug-likeness (QED) is 0.276. The van der Waals surface area contributed by atoms with Crippen LogP contribution in [-0.4, -0.2) is 36.1 Å². The molecule has 0 atom stereocenters. The number of aromatic amines is 1. The zero-order valence-electron chi connectivity index (χ0n) is 15.7. The van der Waals surface area contributed by atoms with E-state index in [1.165, 1.54) is 16.5 Å². The zero-order valence-corrected chi connectivity index (χ0v) is 18.0. The third kappa shape index (κ3) is 5.85. The van der Waals surface area contributed by atoms with Gasteiger partial charge in [0.15, 0.2) is 5.96 Å². The molecule has 1 aromatic carbocycles. The number of ether oxygens (including phenoxy) is 1. The number of para-hydroxylation sites is 1. The Morgan fingerprint density at radius 1 is 1.22 bits per heavy atom. The van der Waals surface area contributed by atoms with Crippen LogP contribution in [0.25, 0.3) is 10.9 Å². The minimum absolute atomic E-state index is 0. The number of aromatic nitrogens is 2. The fraction of sp³-hybridized carbons (Fsp3) is 0.300. The third-order valence-electron chi connectivity index (χ3n) is 4.13. The Kier molecular flexibility index (Phi) is 8.38. The Bertz CT molecular complexity index is 877. The maximum atomic E-state index is 5.16.